The fourth-order valence-electron chi connectivity index (χ4n) is 4.82. The number of aliphatic carboxylic acids is 1. The van der Waals surface area contributed by atoms with Crippen LogP contribution in [0.1, 0.15) is 38.8 Å². The minimum atomic E-state index is -1.03. The first-order valence-electron chi connectivity index (χ1n) is 11.9. The Morgan fingerprint density at radius 1 is 1.22 bits per heavy atom. The van der Waals surface area contributed by atoms with E-state index >= 15 is 0 Å². The third kappa shape index (κ3) is 4.59. The van der Waals surface area contributed by atoms with Crippen LogP contribution in [-0.4, -0.2) is 37.7 Å². The SMILES string of the molecule is Cc1c[nH]c2ncc(-c3nc4c(s3)=C(c3ccc(Cl)cc3)C(C(OC(C)(C)C)C(=O)O)C(C)C=4)cc12. The number of hydrogen-bond donors (Lipinski definition) is 2. The van der Waals surface area contributed by atoms with Crippen LogP contribution >= 0.6 is 22.9 Å². The lowest BCUT2D eigenvalue weighted by Crippen LogP contribution is -2.46. The van der Waals surface area contributed by atoms with Crippen molar-refractivity contribution in [1.82, 2.24) is 15.0 Å². The number of aromatic nitrogens is 3. The van der Waals surface area contributed by atoms with Crippen LogP contribution in [0.25, 0.3) is 33.3 Å². The average molecular weight is 522 g/mol. The third-order valence-corrected chi connectivity index (χ3v) is 7.81. The van der Waals surface area contributed by atoms with Crippen molar-refractivity contribution in [2.45, 2.75) is 46.3 Å². The van der Waals surface area contributed by atoms with E-state index in [-0.39, 0.29) is 5.92 Å². The zero-order chi connectivity index (χ0) is 25.8. The molecule has 3 atom stereocenters. The van der Waals surface area contributed by atoms with Gasteiger partial charge in [0, 0.05) is 34.3 Å². The number of ether oxygens (including phenoxy) is 1. The summed E-state index contributed by atoms with van der Waals surface area (Å²) in [5, 5.41) is 13.6. The normalized spacial score (nSPS) is 18.7. The van der Waals surface area contributed by atoms with Gasteiger partial charge in [0.05, 0.1) is 15.5 Å². The van der Waals surface area contributed by atoms with E-state index in [2.05, 4.69) is 22.1 Å². The number of fused-ring (bicyclic) bond motifs is 2. The van der Waals surface area contributed by atoms with Crippen molar-refractivity contribution in [1.29, 1.82) is 0 Å². The molecular formula is C28H28ClN3O3S. The Bertz CT molecular complexity index is 1580. The van der Waals surface area contributed by atoms with Gasteiger partial charge in [0.15, 0.2) is 6.10 Å². The number of aryl methyl sites for hydroxylation is 1. The van der Waals surface area contributed by atoms with Crippen molar-refractivity contribution in [3.8, 4) is 10.6 Å². The molecule has 0 spiro atoms. The summed E-state index contributed by atoms with van der Waals surface area (Å²) in [6.07, 6.45) is 4.81. The molecular weight excluding hydrogens is 494 g/mol. The lowest BCUT2D eigenvalue weighted by atomic mass is 9.77. The van der Waals surface area contributed by atoms with E-state index in [4.69, 9.17) is 21.3 Å². The molecule has 1 aromatic carbocycles. The van der Waals surface area contributed by atoms with E-state index in [9.17, 15) is 9.90 Å². The number of carboxylic acids is 1. The number of rotatable bonds is 5. The zero-order valence-corrected chi connectivity index (χ0v) is 22.4. The molecule has 0 saturated carbocycles. The molecule has 6 nitrogen and oxygen atoms in total. The Labute approximate surface area is 218 Å². The number of halogens is 1. The first-order chi connectivity index (χ1) is 17.0. The lowest BCUT2D eigenvalue weighted by molar-refractivity contribution is -0.164. The molecule has 0 bridgehead atoms. The Balaban J connectivity index is 1.75. The molecule has 0 saturated heterocycles. The third-order valence-electron chi connectivity index (χ3n) is 6.41. The smallest absolute Gasteiger partial charge is 0.333 e. The highest BCUT2D eigenvalue weighted by Crippen LogP contribution is 2.37. The van der Waals surface area contributed by atoms with Gasteiger partial charge >= 0.3 is 5.97 Å². The van der Waals surface area contributed by atoms with Crippen molar-refractivity contribution in [3.05, 3.63) is 68.8 Å². The molecule has 4 aromatic rings. The Kier molecular flexibility index (Phi) is 6.27. The molecule has 0 radical (unpaired) electrons. The molecule has 186 valence electrons. The molecule has 1 aliphatic carbocycles. The Morgan fingerprint density at radius 2 is 1.94 bits per heavy atom. The largest absolute Gasteiger partial charge is 0.479 e. The summed E-state index contributed by atoms with van der Waals surface area (Å²) in [5.41, 5.74) is 4.11. The van der Waals surface area contributed by atoms with Crippen LogP contribution in [0, 0.1) is 18.8 Å². The molecule has 8 heteroatoms. The van der Waals surface area contributed by atoms with Crippen LogP contribution in [-0.2, 0) is 9.53 Å². The van der Waals surface area contributed by atoms with E-state index in [1.54, 1.807) is 11.3 Å². The minimum Gasteiger partial charge on any atom is -0.479 e. The van der Waals surface area contributed by atoms with Gasteiger partial charge in [-0.15, -0.1) is 11.3 Å². The van der Waals surface area contributed by atoms with Gasteiger partial charge in [0.2, 0.25) is 0 Å². The minimum absolute atomic E-state index is 0.117. The van der Waals surface area contributed by atoms with Gasteiger partial charge in [0.1, 0.15) is 10.7 Å². The van der Waals surface area contributed by atoms with Crippen LogP contribution in [0.3, 0.4) is 0 Å². The molecule has 0 amide bonds. The quantitative estimate of drug-likeness (QED) is 0.378. The monoisotopic (exact) mass is 521 g/mol. The maximum atomic E-state index is 12.5. The molecule has 0 fully saturated rings. The predicted octanol–water partition coefficient (Wildman–Crippen LogP) is 5.16. The van der Waals surface area contributed by atoms with Crippen LogP contribution in [0.15, 0.2) is 42.7 Å². The summed E-state index contributed by atoms with van der Waals surface area (Å²) in [6.45, 7) is 9.71. The number of aromatic amines is 1. The summed E-state index contributed by atoms with van der Waals surface area (Å²) in [4.78, 5) is 25.3. The molecule has 3 unspecified atom stereocenters. The van der Waals surface area contributed by atoms with Gasteiger partial charge in [0.25, 0.3) is 0 Å². The number of nitrogens with one attached hydrogen (secondary N) is 1. The van der Waals surface area contributed by atoms with Gasteiger partial charge < -0.3 is 14.8 Å². The number of H-pyrrole nitrogens is 1. The molecule has 1 aliphatic rings. The van der Waals surface area contributed by atoms with Crippen molar-refractivity contribution in [2.24, 2.45) is 11.8 Å². The van der Waals surface area contributed by atoms with E-state index in [1.807, 2.05) is 71.3 Å². The second-order valence-electron chi connectivity index (χ2n) is 10.3. The molecule has 3 heterocycles. The number of pyridine rings is 1. The van der Waals surface area contributed by atoms with Gasteiger partial charge in [-0.25, -0.2) is 14.8 Å². The zero-order valence-electron chi connectivity index (χ0n) is 20.8. The standard InChI is InChI=1S/C28H28ClN3O3S/c1-14-10-20-24(36-26(32-20)17-11-19-15(2)12-30-25(19)31-13-17)22(16-6-8-18(29)9-7-16)21(14)23(27(33)34)35-28(3,4)5/h6-14,21,23H,1-5H3,(H,30,31)(H,33,34). The number of hydrogen-bond acceptors (Lipinski definition) is 5. The fraction of sp³-hybridized carbons (Fsp3) is 0.321. The average Bonchev–Trinajstić information content (AvgIpc) is 3.40. The van der Waals surface area contributed by atoms with Crippen LogP contribution in [0.4, 0.5) is 0 Å². The first-order valence-corrected chi connectivity index (χ1v) is 13.0. The summed E-state index contributed by atoms with van der Waals surface area (Å²) in [5.74, 6) is -1.50. The highest BCUT2D eigenvalue weighted by molar-refractivity contribution is 7.13. The second-order valence-corrected chi connectivity index (χ2v) is 11.7. The topological polar surface area (TPSA) is 88.1 Å². The number of carbonyl (C=O) groups is 1. The predicted molar refractivity (Wildman–Crippen MR) is 145 cm³/mol. The fourth-order valence-corrected chi connectivity index (χ4v) is 6.09. The summed E-state index contributed by atoms with van der Waals surface area (Å²) < 4.78 is 7.10. The molecule has 0 aliphatic heterocycles. The summed E-state index contributed by atoms with van der Waals surface area (Å²) in [6, 6.07) is 9.65. The number of carboxylic acid groups (broad SMARTS) is 1. The molecule has 2 N–H and O–H groups in total. The maximum absolute atomic E-state index is 12.5. The van der Waals surface area contributed by atoms with E-state index < -0.39 is 23.6 Å². The number of nitrogens with zero attached hydrogens (tertiary/aromatic N) is 2. The van der Waals surface area contributed by atoms with Crippen molar-refractivity contribution in [2.75, 3.05) is 0 Å². The van der Waals surface area contributed by atoms with Gasteiger partial charge in [-0.2, -0.15) is 0 Å². The Morgan fingerprint density at radius 3 is 2.61 bits per heavy atom. The van der Waals surface area contributed by atoms with Crippen molar-refractivity contribution < 1.29 is 14.6 Å². The van der Waals surface area contributed by atoms with Crippen LogP contribution < -0.4 is 9.88 Å². The maximum Gasteiger partial charge on any atom is 0.333 e. The molecule has 3 aromatic heterocycles. The summed E-state index contributed by atoms with van der Waals surface area (Å²) in [7, 11) is 0. The van der Waals surface area contributed by atoms with Crippen LogP contribution in [0.5, 0.6) is 0 Å². The van der Waals surface area contributed by atoms with Crippen LogP contribution in [0.2, 0.25) is 5.02 Å². The van der Waals surface area contributed by atoms with E-state index in [0.717, 1.165) is 48.2 Å². The van der Waals surface area contributed by atoms with E-state index in [0.29, 0.717) is 5.02 Å². The summed E-state index contributed by atoms with van der Waals surface area (Å²) >= 11 is 7.75. The van der Waals surface area contributed by atoms with Gasteiger partial charge in [-0.3, -0.25) is 0 Å². The second kappa shape index (κ2) is 9.14. The van der Waals surface area contributed by atoms with Crippen molar-refractivity contribution >= 4 is 51.6 Å². The molecule has 36 heavy (non-hydrogen) atoms. The lowest BCUT2D eigenvalue weighted by Gasteiger charge is -2.35. The number of thiazole rings is 1. The highest BCUT2D eigenvalue weighted by Gasteiger charge is 2.40. The van der Waals surface area contributed by atoms with Crippen molar-refractivity contribution in [3.63, 3.8) is 0 Å². The van der Waals surface area contributed by atoms with E-state index in [1.165, 1.54) is 0 Å². The first kappa shape index (κ1) is 24.7. The molecule has 5 rings (SSSR count). The van der Waals surface area contributed by atoms with Gasteiger partial charge in [-0.1, -0.05) is 36.7 Å². The number of benzene rings is 1. The van der Waals surface area contributed by atoms with Gasteiger partial charge in [-0.05, 0) is 68.5 Å². The highest BCUT2D eigenvalue weighted by atomic mass is 35.5. The Hall–Kier alpha value is -3.00.